The third kappa shape index (κ3) is 3.56. The predicted molar refractivity (Wildman–Crippen MR) is 82.7 cm³/mol. The maximum Gasteiger partial charge on any atom is 0.270 e. The van der Waals surface area contributed by atoms with Crippen molar-refractivity contribution in [2.75, 3.05) is 18.8 Å². The Morgan fingerprint density at radius 3 is 2.68 bits per heavy atom. The molecule has 7 nitrogen and oxygen atoms in total. The van der Waals surface area contributed by atoms with Gasteiger partial charge in [0.2, 0.25) is 5.91 Å². The van der Waals surface area contributed by atoms with Crippen LogP contribution in [0.5, 0.6) is 0 Å². The molecule has 0 bridgehead atoms. The van der Waals surface area contributed by atoms with E-state index in [1.54, 1.807) is 11.0 Å². The summed E-state index contributed by atoms with van der Waals surface area (Å²) in [6.07, 6.45) is 0.259. The third-order valence-electron chi connectivity index (χ3n) is 3.44. The van der Waals surface area contributed by atoms with Crippen LogP contribution in [-0.4, -0.2) is 40.5 Å². The Kier molecular flexibility index (Phi) is 5.02. The van der Waals surface area contributed by atoms with Crippen LogP contribution in [0.2, 0.25) is 0 Å². The zero-order chi connectivity index (χ0) is 16.3. The lowest BCUT2D eigenvalue weighted by atomic mass is 9.95. The van der Waals surface area contributed by atoms with Crippen molar-refractivity contribution in [3.8, 4) is 0 Å². The van der Waals surface area contributed by atoms with Crippen LogP contribution in [0.3, 0.4) is 0 Å². The average molecular weight is 323 g/mol. The first-order valence-corrected chi connectivity index (χ1v) is 7.89. The average Bonchev–Trinajstić information content (AvgIpc) is 2.42. The number of nitro benzene ring substituents is 1. The van der Waals surface area contributed by atoms with Crippen LogP contribution in [-0.2, 0) is 4.79 Å². The summed E-state index contributed by atoms with van der Waals surface area (Å²) < 4.78 is 0. The molecule has 1 aliphatic rings. The van der Waals surface area contributed by atoms with E-state index in [0.29, 0.717) is 18.7 Å². The van der Waals surface area contributed by atoms with Gasteiger partial charge in [-0.25, -0.2) is 0 Å². The maximum atomic E-state index is 12.5. The number of thioether (sulfide) groups is 1. The lowest BCUT2D eigenvalue weighted by Gasteiger charge is -2.39. The molecule has 8 heteroatoms. The van der Waals surface area contributed by atoms with Crippen LogP contribution in [0.25, 0.3) is 0 Å². The highest BCUT2D eigenvalue weighted by Crippen LogP contribution is 2.30. The van der Waals surface area contributed by atoms with E-state index in [2.05, 4.69) is 0 Å². The largest absolute Gasteiger partial charge is 0.370 e. The molecule has 1 aromatic rings. The number of non-ortho nitro benzene ring substituents is 1. The van der Waals surface area contributed by atoms with Gasteiger partial charge < -0.3 is 10.6 Å². The second-order valence-corrected chi connectivity index (χ2v) is 6.42. The molecule has 118 valence electrons. The van der Waals surface area contributed by atoms with E-state index in [4.69, 9.17) is 5.73 Å². The SMILES string of the molecule is CCSc1ccc([N+](=O)[O-])cc1C(=O)N1CC(CC(N)=O)C1. The number of hydrogen-bond donors (Lipinski definition) is 1. The molecule has 0 aromatic heterocycles. The first-order chi connectivity index (χ1) is 10.4. The number of carbonyl (C=O) groups excluding carboxylic acids is 2. The van der Waals surface area contributed by atoms with Crippen molar-refractivity contribution in [3.63, 3.8) is 0 Å². The van der Waals surface area contributed by atoms with E-state index in [1.807, 2.05) is 6.92 Å². The predicted octanol–water partition coefficient (Wildman–Crippen LogP) is 1.65. The summed E-state index contributed by atoms with van der Waals surface area (Å²) in [6, 6.07) is 4.34. The van der Waals surface area contributed by atoms with Crippen LogP contribution in [0.1, 0.15) is 23.7 Å². The lowest BCUT2D eigenvalue weighted by Crippen LogP contribution is -2.51. The molecule has 1 aliphatic heterocycles. The minimum absolute atomic E-state index is 0.0856. The Hall–Kier alpha value is -2.09. The van der Waals surface area contributed by atoms with Gasteiger partial charge in [-0.1, -0.05) is 6.92 Å². The Morgan fingerprint density at radius 1 is 1.45 bits per heavy atom. The molecule has 2 amide bonds. The summed E-state index contributed by atoms with van der Waals surface area (Å²) in [5.74, 6) is 0.236. The summed E-state index contributed by atoms with van der Waals surface area (Å²) in [7, 11) is 0. The van der Waals surface area contributed by atoms with Gasteiger partial charge in [-0.05, 0) is 11.8 Å². The van der Waals surface area contributed by atoms with Gasteiger partial charge in [0.25, 0.3) is 11.6 Å². The molecule has 1 aromatic carbocycles. The molecule has 1 fully saturated rings. The van der Waals surface area contributed by atoms with Crippen LogP contribution in [0.15, 0.2) is 23.1 Å². The summed E-state index contributed by atoms with van der Waals surface area (Å²) in [5, 5.41) is 10.9. The molecule has 0 atom stereocenters. The van der Waals surface area contributed by atoms with Crippen LogP contribution < -0.4 is 5.73 Å². The number of rotatable bonds is 6. The number of primary amides is 1. The van der Waals surface area contributed by atoms with Crippen LogP contribution >= 0.6 is 11.8 Å². The number of amides is 2. The van der Waals surface area contributed by atoms with E-state index in [9.17, 15) is 19.7 Å². The summed E-state index contributed by atoms with van der Waals surface area (Å²) >= 11 is 1.47. The molecule has 22 heavy (non-hydrogen) atoms. The monoisotopic (exact) mass is 323 g/mol. The molecule has 0 spiro atoms. The molecular formula is C14H17N3O4S. The number of nitro groups is 1. The van der Waals surface area contributed by atoms with E-state index in [1.165, 1.54) is 23.9 Å². The number of benzene rings is 1. The summed E-state index contributed by atoms with van der Waals surface area (Å²) in [6.45, 7) is 2.87. The lowest BCUT2D eigenvalue weighted by molar-refractivity contribution is -0.384. The topological polar surface area (TPSA) is 107 Å². The Labute approximate surface area is 132 Å². The Morgan fingerprint density at radius 2 is 2.14 bits per heavy atom. The van der Waals surface area contributed by atoms with Gasteiger partial charge in [-0.15, -0.1) is 11.8 Å². The van der Waals surface area contributed by atoms with Gasteiger partial charge in [0, 0.05) is 42.5 Å². The zero-order valence-corrected chi connectivity index (χ0v) is 13.0. The van der Waals surface area contributed by atoms with Gasteiger partial charge in [0.05, 0.1) is 10.5 Å². The maximum absolute atomic E-state index is 12.5. The van der Waals surface area contributed by atoms with Crippen molar-refractivity contribution in [1.29, 1.82) is 0 Å². The minimum atomic E-state index is -0.511. The first-order valence-electron chi connectivity index (χ1n) is 6.91. The highest BCUT2D eigenvalue weighted by atomic mass is 32.2. The Bertz CT molecular complexity index is 614. The van der Waals surface area contributed by atoms with E-state index >= 15 is 0 Å². The molecule has 2 N–H and O–H groups in total. The fraction of sp³-hybridized carbons (Fsp3) is 0.429. The first kappa shape index (κ1) is 16.3. The minimum Gasteiger partial charge on any atom is -0.370 e. The highest BCUT2D eigenvalue weighted by Gasteiger charge is 2.33. The summed E-state index contributed by atoms with van der Waals surface area (Å²) in [5.41, 5.74) is 5.38. The molecule has 2 rings (SSSR count). The smallest absolute Gasteiger partial charge is 0.270 e. The van der Waals surface area contributed by atoms with Gasteiger partial charge >= 0.3 is 0 Å². The number of nitrogens with two attached hydrogens (primary N) is 1. The molecule has 0 unspecified atom stereocenters. The summed E-state index contributed by atoms with van der Waals surface area (Å²) in [4.78, 5) is 36.1. The zero-order valence-electron chi connectivity index (χ0n) is 12.2. The van der Waals surface area contributed by atoms with Crippen molar-refractivity contribution in [2.24, 2.45) is 11.7 Å². The number of nitrogens with zero attached hydrogens (tertiary/aromatic N) is 2. The molecule has 0 radical (unpaired) electrons. The van der Waals surface area contributed by atoms with Crippen molar-refractivity contribution >= 4 is 29.3 Å². The second kappa shape index (κ2) is 6.78. The number of hydrogen-bond acceptors (Lipinski definition) is 5. The highest BCUT2D eigenvalue weighted by molar-refractivity contribution is 7.99. The van der Waals surface area contributed by atoms with E-state index in [-0.39, 0.29) is 29.8 Å². The van der Waals surface area contributed by atoms with Gasteiger partial charge in [-0.3, -0.25) is 19.7 Å². The van der Waals surface area contributed by atoms with Crippen molar-refractivity contribution in [3.05, 3.63) is 33.9 Å². The Balaban J connectivity index is 2.16. The van der Waals surface area contributed by atoms with E-state index < -0.39 is 4.92 Å². The molecule has 0 aliphatic carbocycles. The van der Waals surface area contributed by atoms with Gasteiger partial charge in [0.1, 0.15) is 0 Å². The standard InChI is InChI=1S/C14H17N3O4S/c1-2-22-12-4-3-10(17(20)21)6-11(12)14(19)16-7-9(8-16)5-13(15)18/h3-4,6,9H,2,5,7-8H2,1H3,(H2,15,18). The molecule has 1 heterocycles. The molecular weight excluding hydrogens is 306 g/mol. The van der Waals surface area contributed by atoms with Crippen molar-refractivity contribution in [2.45, 2.75) is 18.2 Å². The normalized spacial score (nSPS) is 14.5. The fourth-order valence-corrected chi connectivity index (χ4v) is 3.18. The quantitative estimate of drug-likeness (QED) is 0.487. The second-order valence-electron chi connectivity index (χ2n) is 5.12. The number of likely N-dealkylation sites (tertiary alicyclic amines) is 1. The van der Waals surface area contributed by atoms with E-state index in [0.717, 1.165) is 10.6 Å². The van der Waals surface area contributed by atoms with Gasteiger partial charge in [-0.2, -0.15) is 0 Å². The third-order valence-corrected chi connectivity index (χ3v) is 4.39. The van der Waals surface area contributed by atoms with Crippen molar-refractivity contribution < 1.29 is 14.5 Å². The fourth-order valence-electron chi connectivity index (χ4n) is 2.40. The molecule has 1 saturated heterocycles. The number of carbonyl (C=O) groups is 2. The van der Waals surface area contributed by atoms with Gasteiger partial charge in [0.15, 0.2) is 0 Å². The van der Waals surface area contributed by atoms with Crippen molar-refractivity contribution in [1.82, 2.24) is 4.90 Å². The molecule has 0 saturated carbocycles. The van der Waals surface area contributed by atoms with Crippen LogP contribution in [0, 0.1) is 16.0 Å². The van der Waals surface area contributed by atoms with Crippen LogP contribution in [0.4, 0.5) is 5.69 Å².